The molecule has 0 saturated heterocycles. The molecule has 59 valence electrons. The number of hydrogen-bond donors (Lipinski definition) is 0. The van der Waals surface area contributed by atoms with Gasteiger partial charge in [-0.15, -0.1) is 0 Å². The van der Waals surface area contributed by atoms with Gasteiger partial charge in [0.15, 0.2) is 0 Å². The molecule has 1 amide bonds. The van der Waals surface area contributed by atoms with Gasteiger partial charge in [-0.3, -0.25) is 9.48 Å². The van der Waals surface area contributed by atoms with Crippen molar-refractivity contribution in [3.8, 4) is 0 Å². The molecule has 0 atom stereocenters. The van der Waals surface area contributed by atoms with Crippen molar-refractivity contribution in [2.24, 2.45) is 0 Å². The number of nitrogens with zero attached hydrogens (tertiary/aromatic N) is 3. The molecule has 1 aromatic rings. The lowest BCUT2D eigenvalue weighted by atomic mass is 10.5. The van der Waals surface area contributed by atoms with Crippen LogP contribution in [-0.4, -0.2) is 34.7 Å². The molecule has 0 aliphatic carbocycles. The van der Waals surface area contributed by atoms with Crippen LogP contribution in [0.5, 0.6) is 0 Å². The SMILES string of the molecule is CN(C)C(=O)Cn1c[c]cn1. The van der Waals surface area contributed by atoms with Gasteiger partial charge in [-0.05, 0) is 0 Å². The van der Waals surface area contributed by atoms with Crippen LogP contribution in [-0.2, 0) is 11.3 Å². The van der Waals surface area contributed by atoms with Crippen molar-refractivity contribution in [3.63, 3.8) is 0 Å². The summed E-state index contributed by atoms with van der Waals surface area (Å²) in [6, 6.07) is 2.76. The Morgan fingerprint density at radius 2 is 2.45 bits per heavy atom. The highest BCUT2D eigenvalue weighted by atomic mass is 16.2. The maximum absolute atomic E-state index is 11.1. The zero-order valence-corrected chi connectivity index (χ0v) is 6.61. The molecule has 1 aromatic heterocycles. The summed E-state index contributed by atoms with van der Waals surface area (Å²) in [5.74, 6) is 0.0297. The van der Waals surface area contributed by atoms with Gasteiger partial charge < -0.3 is 4.90 Å². The second-order valence-corrected chi connectivity index (χ2v) is 2.43. The highest BCUT2D eigenvalue weighted by Crippen LogP contribution is 1.86. The maximum Gasteiger partial charge on any atom is 0.243 e. The molecule has 1 heterocycles. The zero-order chi connectivity index (χ0) is 8.27. The predicted octanol–water partition coefficient (Wildman–Crippen LogP) is -0.229. The third-order valence-electron chi connectivity index (χ3n) is 1.30. The van der Waals surface area contributed by atoms with E-state index in [1.807, 2.05) is 0 Å². The van der Waals surface area contributed by atoms with E-state index in [2.05, 4.69) is 11.2 Å². The lowest BCUT2D eigenvalue weighted by molar-refractivity contribution is -0.129. The average Bonchev–Trinajstić information content (AvgIpc) is 2.39. The molecular weight excluding hydrogens is 142 g/mol. The summed E-state index contributed by atoms with van der Waals surface area (Å²) in [5.41, 5.74) is 0. The first-order valence-electron chi connectivity index (χ1n) is 3.29. The van der Waals surface area contributed by atoms with Gasteiger partial charge in [-0.1, -0.05) is 0 Å². The number of likely N-dealkylation sites (N-methyl/N-ethyl adjacent to an activating group) is 1. The lowest BCUT2D eigenvalue weighted by Gasteiger charge is -2.09. The van der Waals surface area contributed by atoms with Crippen molar-refractivity contribution in [1.29, 1.82) is 0 Å². The third kappa shape index (κ3) is 2.07. The fourth-order valence-electron chi connectivity index (χ4n) is 0.627. The van der Waals surface area contributed by atoms with Crippen LogP contribution in [0.15, 0.2) is 12.4 Å². The minimum absolute atomic E-state index is 0.0297. The Morgan fingerprint density at radius 3 is 2.91 bits per heavy atom. The molecule has 0 N–H and O–H groups in total. The second-order valence-electron chi connectivity index (χ2n) is 2.43. The fourth-order valence-corrected chi connectivity index (χ4v) is 0.627. The van der Waals surface area contributed by atoms with Gasteiger partial charge in [-0.2, -0.15) is 5.10 Å². The summed E-state index contributed by atoms with van der Waals surface area (Å²) < 4.78 is 1.54. The van der Waals surface area contributed by atoms with E-state index < -0.39 is 0 Å². The van der Waals surface area contributed by atoms with Gasteiger partial charge >= 0.3 is 0 Å². The second kappa shape index (κ2) is 3.18. The molecule has 0 saturated carbocycles. The van der Waals surface area contributed by atoms with Crippen molar-refractivity contribution in [1.82, 2.24) is 14.7 Å². The van der Waals surface area contributed by atoms with Crippen molar-refractivity contribution >= 4 is 5.91 Å². The molecule has 0 bridgehead atoms. The first kappa shape index (κ1) is 7.78. The van der Waals surface area contributed by atoms with Crippen molar-refractivity contribution < 1.29 is 4.79 Å². The van der Waals surface area contributed by atoms with E-state index in [1.54, 1.807) is 25.0 Å². The van der Waals surface area contributed by atoms with Crippen molar-refractivity contribution in [2.75, 3.05) is 14.1 Å². The molecule has 0 aromatic carbocycles. The fraction of sp³-hybridized carbons (Fsp3) is 0.429. The van der Waals surface area contributed by atoms with E-state index in [0.29, 0.717) is 0 Å². The minimum atomic E-state index is 0.0297. The third-order valence-corrected chi connectivity index (χ3v) is 1.30. The summed E-state index contributed by atoms with van der Waals surface area (Å²) >= 11 is 0. The highest BCUT2D eigenvalue weighted by Gasteiger charge is 2.03. The number of rotatable bonds is 2. The van der Waals surface area contributed by atoms with Crippen LogP contribution in [0.4, 0.5) is 0 Å². The first-order valence-corrected chi connectivity index (χ1v) is 3.29. The molecule has 4 nitrogen and oxygen atoms in total. The van der Waals surface area contributed by atoms with E-state index in [9.17, 15) is 4.79 Å². The number of carbonyl (C=O) groups is 1. The normalized spacial score (nSPS) is 9.64. The minimum Gasteiger partial charge on any atom is -0.347 e. The predicted molar refractivity (Wildman–Crippen MR) is 39.8 cm³/mol. The topological polar surface area (TPSA) is 38.1 Å². The van der Waals surface area contributed by atoms with Gasteiger partial charge in [0.25, 0.3) is 0 Å². The summed E-state index contributed by atoms with van der Waals surface area (Å²) in [6.07, 6.45) is 3.17. The maximum atomic E-state index is 11.1. The van der Waals surface area contributed by atoms with Crippen LogP contribution >= 0.6 is 0 Å². The number of carbonyl (C=O) groups excluding carboxylic acids is 1. The van der Waals surface area contributed by atoms with E-state index in [0.717, 1.165) is 0 Å². The van der Waals surface area contributed by atoms with E-state index in [4.69, 9.17) is 0 Å². The van der Waals surface area contributed by atoms with Gasteiger partial charge in [0.05, 0.1) is 6.20 Å². The van der Waals surface area contributed by atoms with Crippen LogP contribution < -0.4 is 0 Å². The summed E-state index contributed by atoms with van der Waals surface area (Å²) in [5, 5.41) is 3.85. The number of hydrogen-bond acceptors (Lipinski definition) is 2. The molecule has 1 radical (unpaired) electrons. The van der Waals surface area contributed by atoms with Gasteiger partial charge in [0.2, 0.25) is 5.91 Å². The van der Waals surface area contributed by atoms with Crippen LogP contribution in [0, 0.1) is 6.07 Å². The standard InChI is InChI=1S/C7H10N3O/c1-9(2)7(11)6-10-5-3-4-8-10/h4-5H,6H2,1-2H3. The van der Waals surface area contributed by atoms with Crippen LogP contribution in [0.3, 0.4) is 0 Å². The van der Waals surface area contributed by atoms with Crippen molar-refractivity contribution in [2.45, 2.75) is 6.54 Å². The van der Waals surface area contributed by atoms with Gasteiger partial charge in [0, 0.05) is 26.4 Å². The molecule has 11 heavy (non-hydrogen) atoms. The Kier molecular flexibility index (Phi) is 2.25. The Labute approximate surface area is 65.4 Å². The Morgan fingerprint density at radius 1 is 1.73 bits per heavy atom. The van der Waals surface area contributed by atoms with Crippen LogP contribution in [0.2, 0.25) is 0 Å². The molecule has 0 aliphatic heterocycles. The summed E-state index contributed by atoms with van der Waals surface area (Å²) in [4.78, 5) is 12.6. The number of amides is 1. The van der Waals surface area contributed by atoms with E-state index >= 15 is 0 Å². The van der Waals surface area contributed by atoms with Crippen molar-refractivity contribution in [3.05, 3.63) is 18.5 Å². The van der Waals surface area contributed by atoms with Crippen LogP contribution in [0.1, 0.15) is 0 Å². The highest BCUT2D eigenvalue weighted by molar-refractivity contribution is 5.75. The molecule has 4 heteroatoms. The summed E-state index contributed by atoms with van der Waals surface area (Å²) in [7, 11) is 3.44. The van der Waals surface area contributed by atoms with E-state index in [-0.39, 0.29) is 12.5 Å². The van der Waals surface area contributed by atoms with E-state index in [1.165, 1.54) is 11.1 Å². The monoisotopic (exact) mass is 152 g/mol. The van der Waals surface area contributed by atoms with Crippen LogP contribution in [0.25, 0.3) is 0 Å². The molecular formula is C7H10N3O. The first-order chi connectivity index (χ1) is 5.20. The molecule has 0 unspecified atom stereocenters. The largest absolute Gasteiger partial charge is 0.347 e. The zero-order valence-electron chi connectivity index (χ0n) is 6.61. The number of aromatic nitrogens is 2. The molecule has 0 fully saturated rings. The Hall–Kier alpha value is -1.32. The quantitative estimate of drug-likeness (QED) is 0.587. The Bertz CT molecular complexity index is 228. The average molecular weight is 152 g/mol. The Balaban J connectivity index is 2.50. The molecule has 0 aliphatic rings. The summed E-state index contributed by atoms with van der Waals surface area (Å²) in [6.45, 7) is 0.288. The molecule has 1 rings (SSSR count). The van der Waals surface area contributed by atoms with Gasteiger partial charge in [0.1, 0.15) is 6.54 Å². The smallest absolute Gasteiger partial charge is 0.243 e. The molecule has 0 spiro atoms. The van der Waals surface area contributed by atoms with Gasteiger partial charge in [-0.25, -0.2) is 0 Å². The lowest BCUT2D eigenvalue weighted by Crippen LogP contribution is -2.26.